The molecule has 0 saturated carbocycles. The lowest BCUT2D eigenvalue weighted by molar-refractivity contribution is -0.396. The van der Waals surface area contributed by atoms with Crippen LogP contribution in [0.5, 0.6) is 0 Å². The van der Waals surface area contributed by atoms with Gasteiger partial charge in [-0.3, -0.25) is 40.5 Å². The normalized spacial score (nSPS) is 10.3. The van der Waals surface area contributed by atoms with Gasteiger partial charge in [0.25, 0.3) is 17.1 Å². The van der Waals surface area contributed by atoms with E-state index in [-0.39, 0.29) is 0 Å². The molecule has 2 aromatic carbocycles. The smallest absolute Gasteiger partial charge is 0.258 e. The van der Waals surface area contributed by atoms with E-state index >= 15 is 0 Å². The van der Waals surface area contributed by atoms with Gasteiger partial charge in [-0.25, -0.2) is 0 Å². The van der Waals surface area contributed by atoms with Crippen molar-refractivity contribution in [3.8, 4) is 11.1 Å². The first kappa shape index (κ1) is 17.3. The maximum atomic E-state index is 13.8. The lowest BCUT2D eigenvalue weighted by Crippen LogP contribution is -2.03. The minimum absolute atomic E-state index is 0.480. The van der Waals surface area contributed by atoms with Crippen LogP contribution in [0.25, 0.3) is 11.1 Å². The number of non-ortho nitro benzene ring substituents is 1. The van der Waals surface area contributed by atoms with Crippen LogP contribution in [0.1, 0.15) is 0 Å². The van der Waals surface area contributed by atoms with Gasteiger partial charge in [0.2, 0.25) is 5.82 Å². The Morgan fingerprint density at radius 1 is 0.720 bits per heavy atom. The fourth-order valence-corrected chi connectivity index (χ4v) is 2.15. The molecule has 0 spiro atoms. The fourth-order valence-electron chi connectivity index (χ4n) is 2.15. The number of rotatable bonds is 5. The summed E-state index contributed by atoms with van der Waals surface area (Å²) in [4.78, 5) is 39.7. The van der Waals surface area contributed by atoms with Crippen molar-refractivity contribution in [1.82, 2.24) is 0 Å². The van der Waals surface area contributed by atoms with Gasteiger partial charge in [-0.15, -0.1) is 0 Å². The molecule has 0 amide bonds. The molecule has 0 aliphatic carbocycles. The van der Waals surface area contributed by atoms with E-state index < -0.39 is 59.4 Å². The molecule has 0 radical (unpaired) electrons. The highest BCUT2D eigenvalue weighted by Gasteiger charge is 2.35. The van der Waals surface area contributed by atoms with Gasteiger partial charge >= 0.3 is 5.69 Å². The standard InChI is InChI=1S/C12H5FN4O8/c13-8-3-4-9(15(20)21)11(12(8)17(24)25)7-2-1-6(14(18)19)5-10(7)16(22)23/h1-5H. The monoisotopic (exact) mass is 352 g/mol. The Labute approximate surface area is 135 Å². The molecular formula is C12H5FN4O8. The number of halogens is 1. The number of nitro benzene ring substituents is 4. The van der Waals surface area contributed by atoms with Gasteiger partial charge in [-0.2, -0.15) is 4.39 Å². The van der Waals surface area contributed by atoms with Crippen molar-refractivity contribution in [1.29, 1.82) is 0 Å². The minimum Gasteiger partial charge on any atom is -0.258 e. The van der Waals surface area contributed by atoms with Crippen LogP contribution in [0.4, 0.5) is 27.1 Å². The zero-order valence-corrected chi connectivity index (χ0v) is 11.8. The first-order valence-electron chi connectivity index (χ1n) is 6.19. The third-order valence-electron chi connectivity index (χ3n) is 3.14. The Kier molecular flexibility index (Phi) is 4.32. The molecule has 0 saturated heterocycles. The van der Waals surface area contributed by atoms with E-state index in [1.807, 2.05) is 0 Å². The zero-order valence-electron chi connectivity index (χ0n) is 11.8. The number of hydrogen-bond acceptors (Lipinski definition) is 8. The van der Waals surface area contributed by atoms with Crippen LogP contribution in [0.2, 0.25) is 0 Å². The van der Waals surface area contributed by atoms with Crippen molar-refractivity contribution < 1.29 is 24.1 Å². The van der Waals surface area contributed by atoms with Crippen LogP contribution in [-0.4, -0.2) is 19.7 Å². The van der Waals surface area contributed by atoms with Crippen LogP contribution >= 0.6 is 0 Å². The summed E-state index contributed by atoms with van der Waals surface area (Å²) in [6, 6.07) is 3.07. The third-order valence-corrected chi connectivity index (χ3v) is 3.14. The van der Waals surface area contributed by atoms with Crippen LogP contribution in [0.15, 0.2) is 30.3 Å². The average Bonchev–Trinajstić information content (AvgIpc) is 2.52. The summed E-state index contributed by atoms with van der Waals surface area (Å²) in [6.07, 6.45) is 0. The van der Waals surface area contributed by atoms with Gasteiger partial charge in [0.1, 0.15) is 5.56 Å². The summed E-state index contributed by atoms with van der Waals surface area (Å²) in [6.45, 7) is 0. The molecule has 0 aromatic heterocycles. The summed E-state index contributed by atoms with van der Waals surface area (Å²) in [5, 5.41) is 44.1. The quantitative estimate of drug-likeness (QED) is 0.582. The molecule has 0 unspecified atom stereocenters. The van der Waals surface area contributed by atoms with Crippen LogP contribution in [0, 0.1) is 46.3 Å². The van der Waals surface area contributed by atoms with Crippen molar-refractivity contribution >= 4 is 22.7 Å². The van der Waals surface area contributed by atoms with E-state index in [0.29, 0.717) is 18.2 Å². The summed E-state index contributed by atoms with van der Waals surface area (Å²) in [5.74, 6) is -1.45. The summed E-state index contributed by atoms with van der Waals surface area (Å²) in [5.41, 5.74) is -5.65. The number of benzene rings is 2. The molecule has 2 rings (SSSR count). The van der Waals surface area contributed by atoms with E-state index in [9.17, 15) is 44.8 Å². The predicted octanol–water partition coefficient (Wildman–Crippen LogP) is 3.13. The molecule has 12 nitrogen and oxygen atoms in total. The Balaban J connectivity index is 2.97. The van der Waals surface area contributed by atoms with Crippen molar-refractivity contribution in [2.24, 2.45) is 0 Å². The van der Waals surface area contributed by atoms with Crippen molar-refractivity contribution in [2.75, 3.05) is 0 Å². The Hall–Kier alpha value is -4.03. The second kappa shape index (κ2) is 6.23. The molecule has 0 bridgehead atoms. The Bertz CT molecular complexity index is 945. The summed E-state index contributed by atoms with van der Waals surface area (Å²) in [7, 11) is 0. The Morgan fingerprint density at radius 3 is 1.80 bits per heavy atom. The zero-order chi connectivity index (χ0) is 18.9. The molecule has 0 N–H and O–H groups in total. The molecule has 0 aliphatic rings. The molecule has 0 heterocycles. The average molecular weight is 352 g/mol. The van der Waals surface area contributed by atoms with Gasteiger partial charge in [-0.05, 0) is 12.1 Å². The van der Waals surface area contributed by atoms with E-state index in [1.54, 1.807) is 0 Å². The number of nitrogens with zero attached hydrogens (tertiary/aromatic N) is 4. The minimum atomic E-state index is -1.45. The maximum Gasteiger partial charge on any atom is 0.319 e. The van der Waals surface area contributed by atoms with Gasteiger partial charge in [-0.1, -0.05) is 0 Å². The van der Waals surface area contributed by atoms with E-state index in [0.717, 1.165) is 12.1 Å². The first-order valence-corrected chi connectivity index (χ1v) is 6.19. The molecule has 25 heavy (non-hydrogen) atoms. The largest absolute Gasteiger partial charge is 0.319 e. The summed E-state index contributed by atoms with van der Waals surface area (Å²) >= 11 is 0. The predicted molar refractivity (Wildman–Crippen MR) is 78.5 cm³/mol. The van der Waals surface area contributed by atoms with Crippen molar-refractivity contribution in [3.05, 3.63) is 76.6 Å². The second-order valence-corrected chi connectivity index (χ2v) is 4.52. The highest BCUT2D eigenvalue weighted by molar-refractivity contribution is 5.88. The van der Waals surface area contributed by atoms with Gasteiger partial charge in [0.05, 0.1) is 31.3 Å². The Morgan fingerprint density at radius 2 is 1.32 bits per heavy atom. The molecule has 0 fully saturated rings. The van der Waals surface area contributed by atoms with Crippen LogP contribution < -0.4 is 0 Å². The third kappa shape index (κ3) is 3.05. The maximum absolute atomic E-state index is 13.8. The van der Waals surface area contributed by atoms with Crippen LogP contribution in [-0.2, 0) is 0 Å². The summed E-state index contributed by atoms with van der Waals surface area (Å²) < 4.78 is 13.8. The number of nitro groups is 4. The van der Waals surface area contributed by atoms with Gasteiger partial charge in [0.15, 0.2) is 0 Å². The van der Waals surface area contributed by atoms with Crippen molar-refractivity contribution in [3.63, 3.8) is 0 Å². The van der Waals surface area contributed by atoms with E-state index in [1.165, 1.54) is 0 Å². The molecule has 2 aromatic rings. The lowest BCUT2D eigenvalue weighted by atomic mass is 9.99. The molecule has 0 atom stereocenters. The van der Waals surface area contributed by atoms with E-state index in [2.05, 4.69) is 0 Å². The van der Waals surface area contributed by atoms with Gasteiger partial charge < -0.3 is 0 Å². The first-order chi connectivity index (χ1) is 11.6. The highest BCUT2D eigenvalue weighted by Crippen LogP contribution is 2.44. The lowest BCUT2D eigenvalue weighted by Gasteiger charge is -2.06. The molecule has 128 valence electrons. The SMILES string of the molecule is O=[N+]([O-])c1ccc(-c2c([N+](=O)[O-])ccc(F)c2[N+](=O)[O-])c([N+](=O)[O-])c1. The molecule has 0 aliphatic heterocycles. The number of hydrogen-bond donors (Lipinski definition) is 0. The fraction of sp³-hybridized carbons (Fsp3) is 0. The highest BCUT2D eigenvalue weighted by atomic mass is 19.1. The van der Waals surface area contributed by atoms with Gasteiger partial charge in [0, 0.05) is 12.1 Å². The topological polar surface area (TPSA) is 173 Å². The van der Waals surface area contributed by atoms with E-state index in [4.69, 9.17) is 0 Å². The second-order valence-electron chi connectivity index (χ2n) is 4.52. The van der Waals surface area contributed by atoms with Crippen molar-refractivity contribution in [2.45, 2.75) is 0 Å². The van der Waals surface area contributed by atoms with Crippen LogP contribution in [0.3, 0.4) is 0 Å². The molecular weight excluding hydrogens is 347 g/mol. The molecule has 13 heteroatoms.